The fraction of sp³-hybridized carbons (Fsp3) is 0.143. The lowest BCUT2D eigenvalue weighted by Crippen LogP contribution is -2.36. The standard InChI is InChI=1S/C21H16FN3O6S3/c22-12-5-7-13(8-6-12)23-16(26)11-25-15-4-2-1-3-14(15)17(19(25)27)18-20(28)24(21(32)33-18)9-10-34(29,30)31/h1-8H,9-11H2,(H,23,26)(H,29,30,31)/b18-17+. The zero-order valence-electron chi connectivity index (χ0n) is 17.2. The summed E-state index contributed by atoms with van der Waals surface area (Å²) in [4.78, 5) is 41.1. The highest BCUT2D eigenvalue weighted by Gasteiger charge is 2.42. The molecular weight excluding hydrogens is 505 g/mol. The molecule has 0 saturated carbocycles. The number of hydrogen-bond acceptors (Lipinski definition) is 7. The Kier molecular flexibility index (Phi) is 6.53. The van der Waals surface area contributed by atoms with Gasteiger partial charge in [0.1, 0.15) is 16.7 Å². The van der Waals surface area contributed by atoms with Crippen LogP contribution in [0.15, 0.2) is 53.4 Å². The number of carbonyl (C=O) groups excluding carboxylic acids is 3. The van der Waals surface area contributed by atoms with Gasteiger partial charge >= 0.3 is 0 Å². The number of nitrogens with zero attached hydrogens (tertiary/aromatic N) is 2. The molecule has 0 spiro atoms. The number of anilines is 2. The molecule has 13 heteroatoms. The van der Waals surface area contributed by atoms with E-state index in [-0.39, 0.29) is 27.9 Å². The summed E-state index contributed by atoms with van der Waals surface area (Å²) in [6, 6.07) is 11.8. The average Bonchev–Trinajstić information content (AvgIpc) is 3.20. The molecule has 1 saturated heterocycles. The summed E-state index contributed by atoms with van der Waals surface area (Å²) in [5.74, 6) is -2.94. The van der Waals surface area contributed by atoms with Gasteiger partial charge in [-0.3, -0.25) is 28.7 Å². The van der Waals surface area contributed by atoms with Crippen LogP contribution in [0.3, 0.4) is 0 Å². The van der Waals surface area contributed by atoms with E-state index in [1.807, 2.05) is 0 Å². The molecule has 1 fully saturated rings. The molecule has 34 heavy (non-hydrogen) atoms. The van der Waals surface area contributed by atoms with Crippen LogP contribution in [0, 0.1) is 5.82 Å². The van der Waals surface area contributed by atoms with E-state index in [2.05, 4.69) is 5.32 Å². The quantitative estimate of drug-likeness (QED) is 0.337. The minimum atomic E-state index is -4.32. The number of thioether (sulfide) groups is 1. The zero-order chi connectivity index (χ0) is 24.6. The highest BCUT2D eigenvalue weighted by molar-refractivity contribution is 8.26. The van der Waals surface area contributed by atoms with Gasteiger partial charge in [0.2, 0.25) is 5.91 Å². The topological polar surface area (TPSA) is 124 Å². The van der Waals surface area contributed by atoms with E-state index < -0.39 is 39.4 Å². The Morgan fingerprint density at radius 1 is 1.06 bits per heavy atom. The number of nitrogens with one attached hydrogen (secondary N) is 1. The molecule has 9 nitrogen and oxygen atoms in total. The van der Waals surface area contributed by atoms with Gasteiger partial charge in [0.25, 0.3) is 21.9 Å². The van der Waals surface area contributed by atoms with Crippen molar-refractivity contribution in [3.8, 4) is 0 Å². The van der Waals surface area contributed by atoms with Crippen molar-refractivity contribution in [1.29, 1.82) is 0 Å². The number of carbonyl (C=O) groups is 3. The molecule has 0 aromatic heterocycles. The summed E-state index contributed by atoms with van der Waals surface area (Å²) >= 11 is 6.03. The van der Waals surface area contributed by atoms with E-state index >= 15 is 0 Å². The molecule has 0 radical (unpaired) electrons. The summed E-state index contributed by atoms with van der Waals surface area (Å²) in [5.41, 5.74) is 1.25. The number of fused-ring (bicyclic) bond motifs is 1. The fourth-order valence-electron chi connectivity index (χ4n) is 3.48. The largest absolute Gasteiger partial charge is 0.325 e. The van der Waals surface area contributed by atoms with Crippen molar-refractivity contribution >= 4 is 73.1 Å². The van der Waals surface area contributed by atoms with Crippen LogP contribution in [-0.2, 0) is 24.5 Å². The average molecular weight is 522 g/mol. The van der Waals surface area contributed by atoms with Gasteiger partial charge in [0.05, 0.1) is 21.9 Å². The van der Waals surface area contributed by atoms with Crippen LogP contribution in [0.25, 0.3) is 5.57 Å². The minimum Gasteiger partial charge on any atom is -0.325 e. The molecule has 0 atom stereocenters. The fourth-order valence-corrected chi connectivity index (χ4v) is 5.28. The maximum atomic E-state index is 13.3. The van der Waals surface area contributed by atoms with Crippen molar-refractivity contribution < 1.29 is 31.7 Å². The molecule has 0 bridgehead atoms. The van der Waals surface area contributed by atoms with Crippen LogP contribution < -0.4 is 10.2 Å². The number of rotatable bonds is 6. The van der Waals surface area contributed by atoms with E-state index in [1.54, 1.807) is 24.3 Å². The lowest BCUT2D eigenvalue weighted by Gasteiger charge is -2.16. The first-order valence-corrected chi connectivity index (χ1v) is 12.6. The van der Waals surface area contributed by atoms with Crippen LogP contribution in [0.1, 0.15) is 5.56 Å². The van der Waals surface area contributed by atoms with Gasteiger partial charge in [-0.25, -0.2) is 4.39 Å². The van der Waals surface area contributed by atoms with Crippen molar-refractivity contribution in [2.45, 2.75) is 0 Å². The van der Waals surface area contributed by atoms with Crippen LogP contribution >= 0.6 is 24.0 Å². The molecule has 176 valence electrons. The number of para-hydroxylation sites is 1. The summed E-state index contributed by atoms with van der Waals surface area (Å²) in [5, 5.41) is 2.59. The maximum Gasteiger partial charge on any atom is 0.267 e. The van der Waals surface area contributed by atoms with E-state index in [1.165, 1.54) is 29.2 Å². The molecular formula is C21H16FN3O6S3. The van der Waals surface area contributed by atoms with Gasteiger partial charge in [0, 0.05) is 17.8 Å². The highest BCUT2D eigenvalue weighted by Crippen LogP contribution is 2.44. The predicted octanol–water partition coefficient (Wildman–Crippen LogP) is 2.27. The highest BCUT2D eigenvalue weighted by atomic mass is 32.2. The Balaban J connectivity index is 1.61. The van der Waals surface area contributed by atoms with Crippen LogP contribution in [-0.4, -0.2) is 58.8 Å². The normalized spacial score (nSPS) is 18.0. The Labute approximate surface area is 203 Å². The molecule has 2 aliphatic rings. The minimum absolute atomic E-state index is 0.0132. The molecule has 2 aliphatic heterocycles. The molecule has 0 aliphatic carbocycles. The second kappa shape index (κ2) is 9.25. The second-order valence-electron chi connectivity index (χ2n) is 7.28. The third kappa shape index (κ3) is 4.87. The lowest BCUT2D eigenvalue weighted by molar-refractivity contribution is -0.122. The Bertz CT molecular complexity index is 1360. The second-order valence-corrected chi connectivity index (χ2v) is 10.5. The van der Waals surface area contributed by atoms with Crippen molar-refractivity contribution in [1.82, 2.24) is 4.90 Å². The van der Waals surface area contributed by atoms with Crippen molar-refractivity contribution in [3.05, 3.63) is 64.8 Å². The van der Waals surface area contributed by atoms with Gasteiger partial charge in [-0.2, -0.15) is 8.42 Å². The first-order valence-electron chi connectivity index (χ1n) is 9.75. The number of hydrogen-bond donors (Lipinski definition) is 2. The molecule has 2 aromatic carbocycles. The van der Waals surface area contributed by atoms with E-state index in [4.69, 9.17) is 16.8 Å². The van der Waals surface area contributed by atoms with Gasteiger partial charge < -0.3 is 5.32 Å². The smallest absolute Gasteiger partial charge is 0.267 e. The van der Waals surface area contributed by atoms with E-state index in [0.29, 0.717) is 16.9 Å². The molecule has 0 unspecified atom stereocenters. The maximum absolute atomic E-state index is 13.3. The third-order valence-electron chi connectivity index (χ3n) is 5.00. The Morgan fingerprint density at radius 3 is 2.41 bits per heavy atom. The van der Waals surface area contributed by atoms with E-state index in [9.17, 15) is 27.2 Å². The molecule has 3 amide bonds. The molecule has 4 rings (SSSR count). The van der Waals surface area contributed by atoms with Crippen molar-refractivity contribution in [2.24, 2.45) is 0 Å². The number of benzene rings is 2. The number of thiocarbonyl (C=S) groups is 1. The Hall–Kier alpha value is -3.13. The summed E-state index contributed by atoms with van der Waals surface area (Å²) in [7, 11) is -4.32. The first-order chi connectivity index (χ1) is 16.0. The zero-order valence-corrected chi connectivity index (χ0v) is 19.7. The van der Waals surface area contributed by atoms with Crippen LogP contribution in [0.5, 0.6) is 0 Å². The van der Waals surface area contributed by atoms with Gasteiger partial charge in [-0.15, -0.1) is 0 Å². The summed E-state index contributed by atoms with van der Waals surface area (Å²) in [6.07, 6.45) is 0. The van der Waals surface area contributed by atoms with Gasteiger partial charge in [0.15, 0.2) is 0 Å². The van der Waals surface area contributed by atoms with Crippen LogP contribution in [0.4, 0.5) is 15.8 Å². The van der Waals surface area contributed by atoms with Crippen LogP contribution in [0.2, 0.25) is 0 Å². The summed E-state index contributed by atoms with van der Waals surface area (Å²) in [6.45, 7) is -0.723. The number of amides is 3. The monoisotopic (exact) mass is 521 g/mol. The molecule has 2 N–H and O–H groups in total. The van der Waals surface area contributed by atoms with Crippen molar-refractivity contribution in [3.63, 3.8) is 0 Å². The predicted molar refractivity (Wildman–Crippen MR) is 129 cm³/mol. The SMILES string of the molecule is O=C(CN1C(=O)/C(=C2/SC(=S)N(CCS(=O)(=O)O)C2=O)c2ccccc21)Nc1ccc(F)cc1. The lowest BCUT2D eigenvalue weighted by atomic mass is 10.1. The van der Waals surface area contributed by atoms with Gasteiger partial charge in [-0.1, -0.05) is 42.2 Å². The molecule has 2 aromatic rings. The summed E-state index contributed by atoms with van der Waals surface area (Å²) < 4.78 is 44.3. The third-order valence-corrected chi connectivity index (χ3v) is 7.15. The first kappa shape index (κ1) is 24.0. The van der Waals surface area contributed by atoms with Gasteiger partial charge in [-0.05, 0) is 30.3 Å². The van der Waals surface area contributed by atoms with Crippen molar-refractivity contribution in [2.75, 3.05) is 29.1 Å². The van der Waals surface area contributed by atoms with E-state index in [0.717, 1.165) is 16.7 Å². The number of halogens is 1. The molecule has 2 heterocycles. The Morgan fingerprint density at radius 2 is 1.74 bits per heavy atom.